The molecule has 1 rings (SSSR count). The van der Waals surface area contributed by atoms with Gasteiger partial charge in [0.2, 0.25) is 10.0 Å². The predicted octanol–water partition coefficient (Wildman–Crippen LogP) is 1.97. The quantitative estimate of drug-likeness (QED) is 0.755. The maximum absolute atomic E-state index is 12.3. The van der Waals surface area contributed by atoms with Crippen LogP contribution in [-0.2, 0) is 10.0 Å². The van der Waals surface area contributed by atoms with Crippen molar-refractivity contribution in [3.8, 4) is 0 Å². The molecular weight excluding hydrogens is 286 g/mol. The van der Waals surface area contributed by atoms with Crippen LogP contribution in [0.2, 0.25) is 0 Å². The van der Waals surface area contributed by atoms with Crippen LogP contribution in [0.1, 0.15) is 33.3 Å². The first-order valence-corrected chi connectivity index (χ1v) is 8.75. The van der Waals surface area contributed by atoms with E-state index in [1.54, 1.807) is 25.1 Å². The highest BCUT2D eigenvalue weighted by Crippen LogP contribution is 2.20. The number of benzene rings is 1. The van der Waals surface area contributed by atoms with Crippen molar-refractivity contribution in [1.29, 1.82) is 0 Å². The van der Waals surface area contributed by atoms with Crippen molar-refractivity contribution in [2.75, 3.05) is 18.8 Å². The summed E-state index contributed by atoms with van der Waals surface area (Å²) in [6, 6.07) is 5.70. The molecule has 0 heterocycles. The zero-order valence-electron chi connectivity index (χ0n) is 13.6. The number of anilines is 1. The van der Waals surface area contributed by atoms with Gasteiger partial charge in [0.05, 0.1) is 4.90 Å². The Bertz CT molecular complexity index is 560. The molecule has 0 unspecified atom stereocenters. The molecule has 0 aliphatic rings. The largest absolute Gasteiger partial charge is 0.398 e. The summed E-state index contributed by atoms with van der Waals surface area (Å²) >= 11 is 0. The van der Waals surface area contributed by atoms with E-state index in [1.807, 2.05) is 0 Å². The van der Waals surface area contributed by atoms with Crippen molar-refractivity contribution in [3.63, 3.8) is 0 Å². The summed E-state index contributed by atoms with van der Waals surface area (Å²) in [5.74, 6) is 0. The number of hydrogen-bond acceptors (Lipinski definition) is 4. The second kappa shape index (κ2) is 7.24. The van der Waals surface area contributed by atoms with Crippen LogP contribution in [0.25, 0.3) is 0 Å². The summed E-state index contributed by atoms with van der Waals surface area (Å²) in [6.07, 6.45) is 0. The molecule has 0 saturated carbocycles. The number of rotatable bonds is 7. The highest BCUT2D eigenvalue weighted by Gasteiger charge is 2.19. The normalized spacial score (nSPS) is 12.6. The van der Waals surface area contributed by atoms with Gasteiger partial charge in [-0.25, -0.2) is 13.1 Å². The van der Waals surface area contributed by atoms with Gasteiger partial charge in [0.15, 0.2) is 0 Å². The lowest BCUT2D eigenvalue weighted by atomic mass is 10.2. The molecule has 0 aliphatic carbocycles. The summed E-state index contributed by atoms with van der Waals surface area (Å²) in [6.45, 7) is 11.2. The lowest BCUT2D eigenvalue weighted by Crippen LogP contribution is -2.42. The molecule has 0 aliphatic heterocycles. The van der Waals surface area contributed by atoms with Gasteiger partial charge in [0.25, 0.3) is 0 Å². The van der Waals surface area contributed by atoms with Crippen LogP contribution in [0.4, 0.5) is 5.69 Å². The zero-order chi connectivity index (χ0) is 16.2. The fraction of sp³-hybridized carbons (Fsp3) is 0.600. The third-order valence-corrected chi connectivity index (χ3v) is 5.21. The van der Waals surface area contributed by atoms with Crippen molar-refractivity contribution in [2.45, 2.75) is 51.6 Å². The Morgan fingerprint density at radius 3 is 2.29 bits per heavy atom. The fourth-order valence-corrected chi connectivity index (χ4v) is 3.72. The minimum atomic E-state index is -3.52. The van der Waals surface area contributed by atoms with Gasteiger partial charge in [-0.15, -0.1) is 0 Å². The average molecular weight is 313 g/mol. The summed E-state index contributed by atoms with van der Waals surface area (Å²) < 4.78 is 27.3. The van der Waals surface area contributed by atoms with Crippen molar-refractivity contribution in [1.82, 2.24) is 9.62 Å². The second-order valence-corrected chi connectivity index (χ2v) is 7.53. The minimum absolute atomic E-state index is 0.253. The molecule has 0 bridgehead atoms. The van der Waals surface area contributed by atoms with E-state index in [1.165, 1.54) is 0 Å². The lowest BCUT2D eigenvalue weighted by molar-refractivity contribution is 0.179. The molecule has 0 fully saturated rings. The van der Waals surface area contributed by atoms with Crippen molar-refractivity contribution in [3.05, 3.63) is 23.8 Å². The minimum Gasteiger partial charge on any atom is -0.398 e. The second-order valence-electron chi connectivity index (χ2n) is 5.79. The van der Waals surface area contributed by atoms with Crippen molar-refractivity contribution < 1.29 is 8.42 Å². The van der Waals surface area contributed by atoms with Gasteiger partial charge in [-0.05, 0) is 52.3 Å². The first-order chi connectivity index (χ1) is 9.66. The van der Waals surface area contributed by atoms with Gasteiger partial charge >= 0.3 is 0 Å². The molecule has 1 aromatic carbocycles. The molecule has 3 N–H and O–H groups in total. The third kappa shape index (κ3) is 4.69. The van der Waals surface area contributed by atoms with Gasteiger partial charge in [-0.1, -0.05) is 6.07 Å². The molecule has 6 heteroatoms. The Morgan fingerprint density at radius 1 is 1.19 bits per heavy atom. The van der Waals surface area contributed by atoms with Gasteiger partial charge < -0.3 is 5.73 Å². The SMILES string of the molecule is Cc1c(N)cccc1S(=O)(=O)NCCN(C(C)C)C(C)C. The fourth-order valence-electron chi connectivity index (χ4n) is 2.42. The number of nitrogen functional groups attached to an aromatic ring is 1. The highest BCUT2D eigenvalue weighted by molar-refractivity contribution is 7.89. The number of nitrogens with zero attached hydrogens (tertiary/aromatic N) is 1. The van der Waals surface area contributed by atoms with Crippen molar-refractivity contribution in [2.24, 2.45) is 0 Å². The molecule has 120 valence electrons. The van der Waals surface area contributed by atoms with Crippen LogP contribution < -0.4 is 10.5 Å². The Labute approximate surface area is 128 Å². The molecule has 0 saturated heterocycles. The van der Waals surface area contributed by atoms with Crippen LogP contribution >= 0.6 is 0 Å². The Kier molecular flexibility index (Phi) is 6.19. The number of hydrogen-bond donors (Lipinski definition) is 2. The van der Waals surface area contributed by atoms with E-state index >= 15 is 0 Å². The highest BCUT2D eigenvalue weighted by atomic mass is 32.2. The first-order valence-electron chi connectivity index (χ1n) is 7.27. The Morgan fingerprint density at radius 2 is 1.76 bits per heavy atom. The molecule has 1 aromatic rings. The number of sulfonamides is 1. The Hall–Kier alpha value is -1.11. The Balaban J connectivity index is 2.76. The summed E-state index contributed by atoms with van der Waals surface area (Å²) in [5.41, 5.74) is 6.86. The van der Waals surface area contributed by atoms with E-state index in [0.717, 1.165) is 0 Å². The summed E-state index contributed by atoms with van der Waals surface area (Å²) in [4.78, 5) is 2.50. The average Bonchev–Trinajstić information content (AvgIpc) is 2.36. The number of nitrogens with one attached hydrogen (secondary N) is 1. The molecule has 0 aromatic heterocycles. The molecule has 0 atom stereocenters. The summed E-state index contributed by atoms with van der Waals surface area (Å²) in [7, 11) is -3.52. The molecular formula is C15H27N3O2S. The van der Waals surface area contributed by atoms with Gasteiger partial charge in [-0.2, -0.15) is 0 Å². The van der Waals surface area contributed by atoms with Gasteiger partial charge in [-0.3, -0.25) is 4.90 Å². The van der Waals surface area contributed by atoms with E-state index in [2.05, 4.69) is 37.3 Å². The zero-order valence-corrected chi connectivity index (χ0v) is 14.4. The van der Waals surface area contributed by atoms with E-state index in [4.69, 9.17) is 5.73 Å². The van der Waals surface area contributed by atoms with Crippen LogP contribution in [-0.4, -0.2) is 38.5 Å². The molecule has 0 amide bonds. The standard InChI is InChI=1S/C15H27N3O2S/c1-11(2)18(12(3)4)10-9-17-21(19,20)15-8-6-7-14(16)13(15)5/h6-8,11-12,17H,9-10,16H2,1-5H3. The smallest absolute Gasteiger partial charge is 0.240 e. The van der Waals surface area contributed by atoms with Gasteiger partial charge in [0.1, 0.15) is 0 Å². The van der Waals surface area contributed by atoms with Crippen LogP contribution in [0.5, 0.6) is 0 Å². The van der Waals surface area contributed by atoms with E-state index < -0.39 is 10.0 Å². The van der Waals surface area contributed by atoms with Crippen LogP contribution in [0, 0.1) is 6.92 Å². The van der Waals surface area contributed by atoms with E-state index in [-0.39, 0.29) is 4.90 Å². The molecule has 21 heavy (non-hydrogen) atoms. The van der Waals surface area contributed by atoms with E-state index in [0.29, 0.717) is 36.4 Å². The van der Waals surface area contributed by atoms with Gasteiger partial charge in [0, 0.05) is 30.9 Å². The molecule has 0 radical (unpaired) electrons. The molecule has 0 spiro atoms. The maximum Gasteiger partial charge on any atom is 0.240 e. The number of nitrogens with two attached hydrogens (primary N) is 1. The summed E-state index contributed by atoms with van der Waals surface area (Å²) in [5, 5.41) is 0. The van der Waals surface area contributed by atoms with Crippen LogP contribution in [0.15, 0.2) is 23.1 Å². The monoisotopic (exact) mass is 313 g/mol. The van der Waals surface area contributed by atoms with Crippen LogP contribution in [0.3, 0.4) is 0 Å². The van der Waals surface area contributed by atoms with Crippen molar-refractivity contribution >= 4 is 15.7 Å². The third-order valence-electron chi connectivity index (χ3n) is 3.60. The molecule has 5 nitrogen and oxygen atoms in total. The topological polar surface area (TPSA) is 75.4 Å². The lowest BCUT2D eigenvalue weighted by Gasteiger charge is -2.30. The van der Waals surface area contributed by atoms with E-state index in [9.17, 15) is 8.42 Å². The maximum atomic E-state index is 12.3. The predicted molar refractivity (Wildman–Crippen MR) is 87.8 cm³/mol. The first kappa shape index (κ1) is 17.9.